The van der Waals surface area contributed by atoms with Crippen molar-refractivity contribution in [2.24, 2.45) is 34.5 Å². The van der Waals surface area contributed by atoms with Gasteiger partial charge in [-0.15, -0.1) is 0 Å². The van der Waals surface area contributed by atoms with E-state index < -0.39 is 0 Å². The zero-order valence-electron chi connectivity index (χ0n) is 10.1. The molecular formula is C14H24. The molecule has 5 atom stereocenters. The van der Waals surface area contributed by atoms with Crippen molar-refractivity contribution < 1.29 is 0 Å². The quantitative estimate of drug-likeness (QED) is 0.618. The Morgan fingerprint density at radius 3 is 2.43 bits per heavy atom. The van der Waals surface area contributed by atoms with Gasteiger partial charge in [0.25, 0.3) is 0 Å². The topological polar surface area (TPSA) is 0 Å². The molecule has 0 heteroatoms. The second kappa shape index (κ2) is 2.39. The summed E-state index contributed by atoms with van der Waals surface area (Å²) in [7, 11) is 0. The zero-order valence-corrected chi connectivity index (χ0v) is 10.1. The number of hydrogen-bond acceptors (Lipinski definition) is 0. The predicted octanol–water partition coefficient (Wildman–Crippen LogP) is 4.10. The van der Waals surface area contributed by atoms with Crippen molar-refractivity contribution in [3.05, 3.63) is 0 Å². The molecule has 3 saturated carbocycles. The van der Waals surface area contributed by atoms with Crippen LogP contribution in [0.4, 0.5) is 0 Å². The smallest absolute Gasteiger partial charge is 0.0235 e. The van der Waals surface area contributed by atoms with Crippen LogP contribution in [0.5, 0.6) is 0 Å². The van der Waals surface area contributed by atoms with Crippen molar-refractivity contribution in [2.75, 3.05) is 0 Å². The highest BCUT2D eigenvalue weighted by molar-refractivity contribution is 5.20. The van der Waals surface area contributed by atoms with E-state index in [-0.39, 0.29) is 0 Å². The van der Waals surface area contributed by atoms with Crippen molar-refractivity contribution in [1.82, 2.24) is 0 Å². The van der Waals surface area contributed by atoms with Crippen molar-refractivity contribution in [3.63, 3.8) is 0 Å². The first-order valence-corrected chi connectivity index (χ1v) is 6.47. The van der Waals surface area contributed by atoms with Crippen molar-refractivity contribution in [3.8, 4) is 0 Å². The monoisotopic (exact) mass is 192 g/mol. The Hall–Kier alpha value is 0. The van der Waals surface area contributed by atoms with Crippen LogP contribution in [-0.2, 0) is 0 Å². The van der Waals surface area contributed by atoms with E-state index in [4.69, 9.17) is 0 Å². The standard InChI is InChI=1S/C14H24/c1-9(2)7-13(3)11-5-10-8-14(13,4)12(10)6-11/h9-12H,5-8H2,1-4H3/t10?,11-,12-,13+,14?/m0/s1. The summed E-state index contributed by atoms with van der Waals surface area (Å²) in [6.07, 6.45) is 6.17. The molecular weight excluding hydrogens is 168 g/mol. The Labute approximate surface area is 88.5 Å². The number of fused-ring (bicyclic) bond motifs is 1. The molecule has 80 valence electrons. The molecule has 0 aromatic heterocycles. The Balaban J connectivity index is 1.92. The highest BCUT2D eigenvalue weighted by Crippen LogP contribution is 2.79. The van der Waals surface area contributed by atoms with Crippen LogP contribution in [0.1, 0.15) is 53.4 Å². The first-order chi connectivity index (χ1) is 6.47. The molecule has 3 aliphatic rings. The summed E-state index contributed by atoms with van der Waals surface area (Å²) in [5.41, 5.74) is 1.44. The third kappa shape index (κ3) is 0.785. The Morgan fingerprint density at radius 1 is 1.21 bits per heavy atom. The highest BCUT2D eigenvalue weighted by atomic mass is 14.8. The van der Waals surface area contributed by atoms with Gasteiger partial charge in [-0.05, 0) is 60.2 Å². The van der Waals surface area contributed by atoms with E-state index in [0.29, 0.717) is 5.41 Å². The van der Waals surface area contributed by atoms with Crippen LogP contribution in [-0.4, -0.2) is 0 Å². The van der Waals surface area contributed by atoms with E-state index in [0.717, 1.165) is 29.1 Å². The summed E-state index contributed by atoms with van der Waals surface area (Å²) in [6.45, 7) is 10.00. The van der Waals surface area contributed by atoms with Gasteiger partial charge in [0.15, 0.2) is 0 Å². The first-order valence-electron chi connectivity index (χ1n) is 6.47. The van der Waals surface area contributed by atoms with E-state index in [1.54, 1.807) is 19.3 Å². The molecule has 0 spiro atoms. The molecule has 0 nitrogen and oxygen atoms in total. The number of hydrogen-bond donors (Lipinski definition) is 0. The third-order valence-electron chi connectivity index (χ3n) is 6.24. The zero-order chi connectivity index (χ0) is 10.1. The minimum Gasteiger partial charge on any atom is -0.0628 e. The molecule has 0 heterocycles. The Morgan fingerprint density at radius 2 is 1.93 bits per heavy atom. The summed E-state index contributed by atoms with van der Waals surface area (Å²) in [5.74, 6) is 4.23. The summed E-state index contributed by atoms with van der Waals surface area (Å²) in [6, 6.07) is 0. The van der Waals surface area contributed by atoms with Gasteiger partial charge in [-0.1, -0.05) is 27.7 Å². The van der Waals surface area contributed by atoms with Crippen molar-refractivity contribution in [1.29, 1.82) is 0 Å². The van der Waals surface area contributed by atoms with E-state index in [9.17, 15) is 0 Å². The molecule has 3 aliphatic carbocycles. The van der Waals surface area contributed by atoms with Gasteiger partial charge < -0.3 is 0 Å². The van der Waals surface area contributed by atoms with Crippen LogP contribution in [0.15, 0.2) is 0 Å². The number of rotatable bonds is 2. The Kier molecular flexibility index (Phi) is 1.58. The lowest BCUT2D eigenvalue weighted by Crippen LogP contribution is -2.55. The van der Waals surface area contributed by atoms with Gasteiger partial charge in [-0.25, -0.2) is 0 Å². The van der Waals surface area contributed by atoms with Crippen LogP contribution in [0.3, 0.4) is 0 Å². The van der Waals surface area contributed by atoms with Gasteiger partial charge in [0.05, 0.1) is 0 Å². The van der Waals surface area contributed by atoms with Crippen LogP contribution < -0.4 is 0 Å². The maximum absolute atomic E-state index is 2.60. The van der Waals surface area contributed by atoms with Gasteiger partial charge >= 0.3 is 0 Å². The summed E-state index contributed by atoms with van der Waals surface area (Å²) in [5, 5.41) is 0. The molecule has 0 aromatic rings. The van der Waals surface area contributed by atoms with Gasteiger partial charge in [-0.2, -0.15) is 0 Å². The lowest BCUT2D eigenvalue weighted by molar-refractivity contribution is -0.135. The molecule has 2 bridgehead atoms. The lowest BCUT2D eigenvalue weighted by Gasteiger charge is -2.62. The maximum atomic E-state index is 2.60. The van der Waals surface area contributed by atoms with E-state index in [2.05, 4.69) is 27.7 Å². The van der Waals surface area contributed by atoms with Crippen molar-refractivity contribution >= 4 is 0 Å². The van der Waals surface area contributed by atoms with Crippen LogP contribution in [0, 0.1) is 34.5 Å². The van der Waals surface area contributed by atoms with Crippen molar-refractivity contribution in [2.45, 2.75) is 53.4 Å². The fraction of sp³-hybridized carbons (Fsp3) is 1.00. The van der Waals surface area contributed by atoms with Crippen LogP contribution in [0.25, 0.3) is 0 Å². The SMILES string of the molecule is CC(C)C[C@]1(C)[C@H]2CC3CC1(C)[C@H]3C2. The van der Waals surface area contributed by atoms with E-state index in [1.165, 1.54) is 6.42 Å². The highest BCUT2D eigenvalue weighted by Gasteiger charge is 2.71. The molecule has 0 radical (unpaired) electrons. The lowest BCUT2D eigenvalue weighted by atomic mass is 9.42. The fourth-order valence-electron chi connectivity index (χ4n) is 5.56. The first kappa shape index (κ1) is 9.24. The van der Waals surface area contributed by atoms with Gasteiger partial charge in [0.2, 0.25) is 0 Å². The van der Waals surface area contributed by atoms with Crippen LogP contribution in [0.2, 0.25) is 0 Å². The Bertz CT molecular complexity index is 267. The van der Waals surface area contributed by atoms with E-state index in [1.807, 2.05) is 0 Å². The molecule has 2 unspecified atom stereocenters. The minimum absolute atomic E-state index is 0.695. The average Bonchev–Trinajstić information content (AvgIpc) is 2.45. The summed E-state index contributed by atoms with van der Waals surface area (Å²) in [4.78, 5) is 0. The van der Waals surface area contributed by atoms with E-state index >= 15 is 0 Å². The maximum Gasteiger partial charge on any atom is -0.0235 e. The largest absolute Gasteiger partial charge is 0.0628 e. The molecule has 14 heavy (non-hydrogen) atoms. The molecule has 3 rings (SSSR count). The molecule has 0 aliphatic heterocycles. The van der Waals surface area contributed by atoms with Gasteiger partial charge in [0, 0.05) is 0 Å². The van der Waals surface area contributed by atoms with Gasteiger partial charge in [-0.3, -0.25) is 0 Å². The fourth-order valence-corrected chi connectivity index (χ4v) is 5.56. The molecule has 0 N–H and O–H groups in total. The predicted molar refractivity (Wildman–Crippen MR) is 60.0 cm³/mol. The summed E-state index contributed by atoms with van der Waals surface area (Å²) < 4.78 is 0. The molecule has 0 aromatic carbocycles. The van der Waals surface area contributed by atoms with Crippen LogP contribution >= 0.6 is 0 Å². The second-order valence-electron chi connectivity index (χ2n) is 7.17. The minimum atomic E-state index is 0.695. The van der Waals surface area contributed by atoms with Gasteiger partial charge in [0.1, 0.15) is 0 Å². The normalized spacial score (nSPS) is 59.4. The summed E-state index contributed by atoms with van der Waals surface area (Å²) >= 11 is 0. The average molecular weight is 192 g/mol. The molecule has 0 amide bonds. The molecule has 3 fully saturated rings. The second-order valence-corrected chi connectivity index (χ2v) is 7.17. The molecule has 0 saturated heterocycles. The third-order valence-corrected chi connectivity index (χ3v) is 6.24.